The van der Waals surface area contributed by atoms with Gasteiger partial charge in [0, 0.05) is 63.4 Å². The number of hydrogen-bond donors (Lipinski definition) is 1. The molecule has 0 atom stereocenters. The maximum absolute atomic E-state index is 12.5. The zero-order chi connectivity index (χ0) is 20.6. The van der Waals surface area contributed by atoms with Gasteiger partial charge in [-0.25, -0.2) is 12.7 Å². The van der Waals surface area contributed by atoms with E-state index < -0.39 is 10.0 Å². The number of hydrogen-bond acceptors (Lipinski definition) is 6. The minimum Gasteiger partial charge on any atom is -0.497 e. The van der Waals surface area contributed by atoms with Crippen LogP contribution >= 0.6 is 35.7 Å². The van der Waals surface area contributed by atoms with Gasteiger partial charge in [0.15, 0.2) is 5.96 Å². The topological polar surface area (TPSA) is 83.5 Å². The molecule has 0 spiro atoms. The van der Waals surface area contributed by atoms with Gasteiger partial charge >= 0.3 is 0 Å². The summed E-state index contributed by atoms with van der Waals surface area (Å²) < 4.78 is 37.2. The molecule has 1 fully saturated rings. The van der Waals surface area contributed by atoms with Gasteiger partial charge in [-0.15, -0.1) is 24.0 Å². The van der Waals surface area contributed by atoms with E-state index in [2.05, 4.69) is 10.3 Å². The Morgan fingerprint density at radius 2 is 1.97 bits per heavy atom. The lowest BCUT2D eigenvalue weighted by Crippen LogP contribution is -2.44. The monoisotopic (exact) mass is 558 g/mol. The highest BCUT2D eigenvalue weighted by atomic mass is 127. The number of ether oxygens (including phenoxy) is 2. The highest BCUT2D eigenvalue weighted by molar-refractivity contribution is 14.0. The van der Waals surface area contributed by atoms with E-state index in [4.69, 9.17) is 9.47 Å². The van der Waals surface area contributed by atoms with Crippen LogP contribution in [-0.2, 0) is 16.6 Å². The lowest BCUT2D eigenvalue weighted by molar-refractivity contribution is 0.382. The minimum absolute atomic E-state index is 0. The Balaban J connectivity index is 0.00000420. The number of benzene rings is 1. The molecule has 2 rings (SSSR count). The zero-order valence-electron chi connectivity index (χ0n) is 17.4. The molecule has 29 heavy (non-hydrogen) atoms. The van der Waals surface area contributed by atoms with Crippen molar-refractivity contribution >= 4 is 51.7 Å². The summed E-state index contributed by atoms with van der Waals surface area (Å²) in [4.78, 5) is 6.18. The summed E-state index contributed by atoms with van der Waals surface area (Å²) in [6.07, 6.45) is 0. The molecule has 8 nitrogen and oxygen atoms in total. The van der Waals surface area contributed by atoms with E-state index in [1.165, 1.54) is 0 Å². The second-order valence-electron chi connectivity index (χ2n) is 6.34. The van der Waals surface area contributed by atoms with Crippen molar-refractivity contribution in [1.29, 1.82) is 0 Å². The van der Waals surface area contributed by atoms with Gasteiger partial charge in [0.2, 0.25) is 10.0 Å². The molecule has 1 aliphatic rings. The first kappa shape index (κ1) is 26.1. The molecule has 166 valence electrons. The van der Waals surface area contributed by atoms with E-state index >= 15 is 0 Å². The second-order valence-corrected chi connectivity index (χ2v) is 9.65. The van der Waals surface area contributed by atoms with Crippen LogP contribution < -0.4 is 14.8 Å². The summed E-state index contributed by atoms with van der Waals surface area (Å²) in [6.45, 7) is 2.06. The molecular formula is C18H31IN4O4S2. The van der Waals surface area contributed by atoms with Gasteiger partial charge in [-0.2, -0.15) is 11.8 Å². The molecule has 1 saturated heterocycles. The largest absolute Gasteiger partial charge is 0.497 e. The second kappa shape index (κ2) is 12.7. The fraction of sp³-hybridized carbons (Fsp3) is 0.611. The van der Waals surface area contributed by atoms with Crippen molar-refractivity contribution in [3.05, 3.63) is 23.8 Å². The van der Waals surface area contributed by atoms with Crippen molar-refractivity contribution < 1.29 is 17.9 Å². The summed E-state index contributed by atoms with van der Waals surface area (Å²) in [5.41, 5.74) is 0.979. The van der Waals surface area contributed by atoms with Crippen molar-refractivity contribution in [2.45, 2.75) is 6.54 Å². The van der Waals surface area contributed by atoms with Crippen molar-refractivity contribution in [1.82, 2.24) is 14.5 Å². The average molecular weight is 559 g/mol. The number of nitrogens with zero attached hydrogens (tertiary/aromatic N) is 3. The SMILES string of the molecule is CN=C(NCCS(=O)(=O)N1CCSCC1)N(C)Cc1ccc(OC)cc1OC.I. The maximum atomic E-state index is 12.5. The molecule has 11 heteroatoms. The molecule has 0 amide bonds. The van der Waals surface area contributed by atoms with Gasteiger partial charge < -0.3 is 19.7 Å². The normalized spacial score (nSPS) is 15.4. The van der Waals surface area contributed by atoms with Crippen molar-refractivity contribution in [3.8, 4) is 11.5 Å². The number of sulfonamides is 1. The summed E-state index contributed by atoms with van der Waals surface area (Å²) >= 11 is 1.79. The molecule has 1 aliphatic heterocycles. The molecule has 0 aliphatic carbocycles. The number of guanidine groups is 1. The van der Waals surface area contributed by atoms with Gasteiger partial charge in [-0.3, -0.25) is 4.99 Å². The van der Waals surface area contributed by atoms with Crippen LogP contribution in [0.2, 0.25) is 0 Å². The van der Waals surface area contributed by atoms with Gasteiger partial charge in [0.25, 0.3) is 0 Å². The molecule has 1 heterocycles. The van der Waals surface area contributed by atoms with Gasteiger partial charge in [0.05, 0.1) is 20.0 Å². The van der Waals surface area contributed by atoms with Crippen molar-refractivity contribution in [3.63, 3.8) is 0 Å². The Labute approximate surface area is 195 Å². The van der Waals surface area contributed by atoms with Crippen LogP contribution in [0, 0.1) is 0 Å². The van der Waals surface area contributed by atoms with E-state index in [-0.39, 0.29) is 29.7 Å². The quantitative estimate of drug-likeness (QED) is 0.296. The maximum Gasteiger partial charge on any atom is 0.215 e. The lowest BCUT2D eigenvalue weighted by Gasteiger charge is -2.26. The molecule has 1 aromatic carbocycles. The Morgan fingerprint density at radius 1 is 1.28 bits per heavy atom. The molecule has 0 bridgehead atoms. The highest BCUT2D eigenvalue weighted by Crippen LogP contribution is 2.25. The summed E-state index contributed by atoms with van der Waals surface area (Å²) in [5.74, 6) is 3.86. The molecule has 0 aromatic heterocycles. The van der Waals surface area contributed by atoms with E-state index in [0.29, 0.717) is 32.1 Å². The number of nitrogens with one attached hydrogen (secondary N) is 1. The molecular weight excluding hydrogens is 527 g/mol. The third kappa shape index (κ3) is 7.68. The average Bonchev–Trinajstić information content (AvgIpc) is 2.72. The molecule has 0 saturated carbocycles. The Bertz CT molecular complexity index is 771. The standard InChI is InChI=1S/C18H30N4O4S2.HI/c1-19-18(20-7-12-28(23,24)22-8-10-27-11-9-22)21(2)14-15-5-6-16(25-3)13-17(15)26-4;/h5-6,13H,7-12,14H2,1-4H3,(H,19,20);1H. The Hall–Kier alpha value is -0.920. The zero-order valence-corrected chi connectivity index (χ0v) is 21.3. The first-order valence-electron chi connectivity index (χ1n) is 9.09. The van der Waals surface area contributed by atoms with Crippen LogP contribution in [-0.4, -0.2) is 88.8 Å². The summed E-state index contributed by atoms with van der Waals surface area (Å²) in [7, 11) is 3.57. The van der Waals surface area contributed by atoms with Crippen LogP contribution in [0.15, 0.2) is 23.2 Å². The number of halogens is 1. The van der Waals surface area contributed by atoms with E-state index in [0.717, 1.165) is 28.6 Å². The minimum atomic E-state index is -3.24. The smallest absolute Gasteiger partial charge is 0.215 e. The van der Waals surface area contributed by atoms with Crippen molar-refractivity contribution in [2.75, 3.05) is 65.2 Å². The molecule has 1 aromatic rings. The van der Waals surface area contributed by atoms with E-state index in [9.17, 15) is 8.42 Å². The fourth-order valence-electron chi connectivity index (χ4n) is 2.94. The third-order valence-corrected chi connectivity index (χ3v) is 7.30. The van der Waals surface area contributed by atoms with E-state index in [1.54, 1.807) is 37.3 Å². The first-order valence-corrected chi connectivity index (χ1v) is 11.9. The molecule has 0 radical (unpaired) electrons. The predicted octanol–water partition coefficient (Wildman–Crippen LogP) is 1.71. The first-order chi connectivity index (χ1) is 13.4. The number of rotatable bonds is 8. The predicted molar refractivity (Wildman–Crippen MR) is 130 cm³/mol. The van der Waals surface area contributed by atoms with Gasteiger partial charge in [-0.05, 0) is 12.1 Å². The Kier molecular flexibility index (Phi) is 11.4. The number of thioether (sulfide) groups is 1. The molecule has 1 N–H and O–H groups in total. The number of aliphatic imine (C=N–C) groups is 1. The Morgan fingerprint density at radius 3 is 2.55 bits per heavy atom. The van der Waals surface area contributed by atoms with Gasteiger partial charge in [0.1, 0.15) is 11.5 Å². The highest BCUT2D eigenvalue weighted by Gasteiger charge is 2.23. The van der Waals surface area contributed by atoms with Crippen LogP contribution in [0.25, 0.3) is 0 Å². The van der Waals surface area contributed by atoms with Crippen LogP contribution in [0.4, 0.5) is 0 Å². The van der Waals surface area contributed by atoms with Crippen LogP contribution in [0.1, 0.15) is 5.56 Å². The van der Waals surface area contributed by atoms with Gasteiger partial charge in [-0.1, -0.05) is 0 Å². The van der Waals surface area contributed by atoms with Crippen molar-refractivity contribution in [2.24, 2.45) is 4.99 Å². The molecule has 0 unspecified atom stereocenters. The van der Waals surface area contributed by atoms with Crippen LogP contribution in [0.3, 0.4) is 0 Å². The fourth-order valence-corrected chi connectivity index (χ4v) is 5.43. The van der Waals surface area contributed by atoms with E-state index in [1.807, 2.05) is 30.1 Å². The van der Waals surface area contributed by atoms with Crippen LogP contribution in [0.5, 0.6) is 11.5 Å². The summed E-state index contributed by atoms with van der Waals surface area (Å²) in [5, 5.41) is 3.14. The third-order valence-electron chi connectivity index (χ3n) is 4.48. The summed E-state index contributed by atoms with van der Waals surface area (Å²) in [6, 6.07) is 5.66. The lowest BCUT2D eigenvalue weighted by atomic mass is 10.2. The number of methoxy groups -OCH3 is 2.